The van der Waals surface area contributed by atoms with E-state index in [4.69, 9.17) is 0 Å². The Hall–Kier alpha value is -7.78. The fourth-order valence-corrected chi connectivity index (χ4v) is 10.6. The molecule has 290 valence electrons. The minimum Gasteiger partial charge on any atom is -0.310 e. The van der Waals surface area contributed by atoms with E-state index < -0.39 is 0 Å². The van der Waals surface area contributed by atoms with Crippen molar-refractivity contribution in [3.8, 4) is 44.5 Å². The zero-order valence-electron chi connectivity index (χ0n) is 33.9. The highest BCUT2D eigenvalue weighted by Gasteiger charge is 2.20. The van der Waals surface area contributed by atoms with Gasteiger partial charge < -0.3 is 4.90 Å². The summed E-state index contributed by atoms with van der Waals surface area (Å²) in [5.74, 6) is 0. The van der Waals surface area contributed by atoms with Crippen LogP contribution in [0.2, 0.25) is 0 Å². The Morgan fingerprint density at radius 1 is 0.242 bits per heavy atom. The van der Waals surface area contributed by atoms with Crippen LogP contribution in [0.3, 0.4) is 0 Å². The molecule has 0 spiro atoms. The molecule has 1 heterocycles. The fourth-order valence-electron chi connectivity index (χ4n) is 9.48. The molecule has 0 aliphatic carbocycles. The van der Waals surface area contributed by atoms with Crippen LogP contribution < -0.4 is 4.90 Å². The second kappa shape index (κ2) is 15.0. The molecule has 0 N–H and O–H groups in total. The molecule has 2 heteroatoms. The zero-order chi connectivity index (χ0) is 41.0. The van der Waals surface area contributed by atoms with Gasteiger partial charge in [0.1, 0.15) is 0 Å². The molecule has 1 aromatic heterocycles. The summed E-state index contributed by atoms with van der Waals surface area (Å²) in [6.45, 7) is 0. The third-order valence-corrected chi connectivity index (χ3v) is 13.6. The molecule has 0 atom stereocenters. The van der Waals surface area contributed by atoms with Gasteiger partial charge in [-0.3, -0.25) is 0 Å². The van der Waals surface area contributed by atoms with Crippen LogP contribution in [0.5, 0.6) is 0 Å². The lowest BCUT2D eigenvalue weighted by Gasteiger charge is -2.26. The molecular formula is C60H39NS. The highest BCUT2D eigenvalue weighted by atomic mass is 32.1. The molecule has 0 radical (unpaired) electrons. The van der Waals surface area contributed by atoms with Gasteiger partial charge in [0.2, 0.25) is 0 Å². The van der Waals surface area contributed by atoms with Crippen LogP contribution in [0.25, 0.3) is 97.0 Å². The number of fused-ring (bicyclic) bond motifs is 7. The standard InChI is InChI=1S/C60H39NS/c1-3-15-42(16-4-1)59-54-24-10-9-22-51(54)52-34-30-47(38-56(52)60(59)43-17-5-2-6-18-43)41-28-31-48(32-29-41)61(50-33-35-58-55(39-50)53-23-11-12-25-57(53)62-58)49-21-13-20-45(37-49)46-27-26-40-14-7-8-19-44(40)36-46/h1-39H. The van der Waals surface area contributed by atoms with Gasteiger partial charge in [0.15, 0.2) is 0 Å². The van der Waals surface area contributed by atoms with E-state index in [1.54, 1.807) is 0 Å². The van der Waals surface area contributed by atoms with Crippen molar-refractivity contribution >= 4 is 80.9 Å². The van der Waals surface area contributed by atoms with Crippen LogP contribution in [-0.4, -0.2) is 0 Å². The first-order valence-corrected chi connectivity index (χ1v) is 22.1. The van der Waals surface area contributed by atoms with Crippen LogP contribution in [0.4, 0.5) is 17.1 Å². The normalized spacial score (nSPS) is 11.5. The smallest absolute Gasteiger partial charge is 0.0468 e. The maximum absolute atomic E-state index is 2.41. The van der Waals surface area contributed by atoms with Crippen LogP contribution in [0.1, 0.15) is 0 Å². The van der Waals surface area contributed by atoms with E-state index in [1.165, 1.54) is 97.0 Å². The van der Waals surface area contributed by atoms with Gasteiger partial charge in [-0.25, -0.2) is 0 Å². The summed E-state index contributed by atoms with van der Waals surface area (Å²) in [6, 6.07) is 86.8. The molecule has 1 nitrogen and oxygen atoms in total. The Morgan fingerprint density at radius 3 is 1.56 bits per heavy atom. The van der Waals surface area contributed by atoms with Crippen molar-refractivity contribution in [3.63, 3.8) is 0 Å². The lowest BCUT2D eigenvalue weighted by atomic mass is 9.84. The van der Waals surface area contributed by atoms with Gasteiger partial charge in [0.05, 0.1) is 0 Å². The third kappa shape index (κ3) is 6.24. The van der Waals surface area contributed by atoms with Gasteiger partial charge >= 0.3 is 0 Å². The van der Waals surface area contributed by atoms with Gasteiger partial charge in [-0.05, 0) is 137 Å². The van der Waals surface area contributed by atoms with Crippen LogP contribution in [-0.2, 0) is 0 Å². The highest BCUT2D eigenvalue weighted by Crippen LogP contribution is 2.46. The molecular weight excluding hydrogens is 767 g/mol. The Bertz CT molecular complexity index is 3620. The van der Waals surface area contributed by atoms with Crippen molar-refractivity contribution in [3.05, 3.63) is 237 Å². The topological polar surface area (TPSA) is 3.24 Å². The van der Waals surface area contributed by atoms with Crippen molar-refractivity contribution in [1.29, 1.82) is 0 Å². The molecule has 0 aliphatic rings. The molecule has 11 aromatic carbocycles. The summed E-state index contributed by atoms with van der Waals surface area (Å²) in [6.07, 6.45) is 0. The molecule has 0 fully saturated rings. The number of anilines is 3. The van der Waals surface area contributed by atoms with E-state index in [2.05, 4.69) is 241 Å². The summed E-state index contributed by atoms with van der Waals surface area (Å²) < 4.78 is 2.60. The maximum atomic E-state index is 2.41. The number of nitrogens with zero attached hydrogens (tertiary/aromatic N) is 1. The van der Waals surface area contributed by atoms with Crippen molar-refractivity contribution in [2.45, 2.75) is 0 Å². The second-order valence-corrected chi connectivity index (χ2v) is 17.1. The summed E-state index contributed by atoms with van der Waals surface area (Å²) in [5, 5.41) is 10.1. The number of benzene rings is 11. The predicted molar refractivity (Wildman–Crippen MR) is 268 cm³/mol. The molecule has 0 saturated carbocycles. The molecule has 0 saturated heterocycles. The van der Waals surface area contributed by atoms with Crippen molar-refractivity contribution < 1.29 is 0 Å². The van der Waals surface area contributed by atoms with E-state index in [0.717, 1.165) is 17.1 Å². The molecule has 0 amide bonds. The maximum Gasteiger partial charge on any atom is 0.0468 e. The van der Waals surface area contributed by atoms with Crippen molar-refractivity contribution in [2.75, 3.05) is 4.90 Å². The monoisotopic (exact) mass is 805 g/mol. The number of thiophene rings is 1. The number of rotatable bonds is 7. The van der Waals surface area contributed by atoms with Crippen molar-refractivity contribution in [2.24, 2.45) is 0 Å². The zero-order valence-corrected chi connectivity index (χ0v) is 34.7. The van der Waals surface area contributed by atoms with Crippen LogP contribution in [0, 0.1) is 0 Å². The first-order chi connectivity index (χ1) is 30.7. The Morgan fingerprint density at radius 2 is 0.774 bits per heavy atom. The number of hydrogen-bond donors (Lipinski definition) is 0. The largest absolute Gasteiger partial charge is 0.310 e. The first kappa shape index (κ1) is 36.1. The fraction of sp³-hybridized carbons (Fsp3) is 0. The Kier molecular flexibility index (Phi) is 8.76. The van der Waals surface area contributed by atoms with Gasteiger partial charge in [-0.1, -0.05) is 176 Å². The van der Waals surface area contributed by atoms with E-state index in [1.807, 2.05) is 11.3 Å². The molecule has 12 aromatic rings. The predicted octanol–water partition coefficient (Wildman–Crippen LogP) is 17.7. The van der Waals surface area contributed by atoms with E-state index in [-0.39, 0.29) is 0 Å². The lowest BCUT2D eigenvalue weighted by molar-refractivity contribution is 1.29. The molecule has 12 rings (SSSR count). The lowest BCUT2D eigenvalue weighted by Crippen LogP contribution is -2.10. The summed E-state index contributed by atoms with van der Waals surface area (Å²) >= 11 is 1.86. The second-order valence-electron chi connectivity index (χ2n) is 16.1. The van der Waals surface area contributed by atoms with E-state index in [0.29, 0.717) is 0 Å². The van der Waals surface area contributed by atoms with Gasteiger partial charge in [0, 0.05) is 37.2 Å². The Labute approximate surface area is 365 Å². The van der Waals surface area contributed by atoms with Gasteiger partial charge in [-0.2, -0.15) is 0 Å². The SMILES string of the molecule is c1ccc(-c2c(-c3ccccc3)c3cc(-c4ccc(N(c5cccc(-c6ccc7ccccc7c6)c5)c5ccc6sc7ccccc7c6c5)cc4)ccc3c3ccccc23)cc1. The molecule has 0 unspecified atom stereocenters. The molecule has 0 bridgehead atoms. The van der Waals surface area contributed by atoms with Crippen LogP contribution in [0.15, 0.2) is 237 Å². The quantitative estimate of drug-likeness (QED) is 0.145. The molecule has 62 heavy (non-hydrogen) atoms. The summed E-state index contributed by atoms with van der Waals surface area (Å²) in [5.41, 5.74) is 13.1. The summed E-state index contributed by atoms with van der Waals surface area (Å²) in [4.78, 5) is 2.41. The first-order valence-electron chi connectivity index (χ1n) is 21.2. The average Bonchev–Trinajstić information content (AvgIpc) is 3.72. The number of hydrogen-bond acceptors (Lipinski definition) is 2. The highest BCUT2D eigenvalue weighted by molar-refractivity contribution is 7.25. The minimum atomic E-state index is 1.10. The van der Waals surface area contributed by atoms with Crippen molar-refractivity contribution in [1.82, 2.24) is 0 Å². The summed E-state index contributed by atoms with van der Waals surface area (Å²) in [7, 11) is 0. The Balaban J connectivity index is 1.01. The van der Waals surface area contributed by atoms with E-state index >= 15 is 0 Å². The minimum absolute atomic E-state index is 1.10. The van der Waals surface area contributed by atoms with Crippen LogP contribution >= 0.6 is 11.3 Å². The van der Waals surface area contributed by atoms with Gasteiger partial charge in [-0.15, -0.1) is 11.3 Å². The third-order valence-electron chi connectivity index (χ3n) is 12.4. The van der Waals surface area contributed by atoms with E-state index in [9.17, 15) is 0 Å². The molecule has 0 aliphatic heterocycles. The average molecular weight is 806 g/mol. The van der Waals surface area contributed by atoms with Gasteiger partial charge in [0.25, 0.3) is 0 Å².